The van der Waals surface area contributed by atoms with Crippen LogP contribution in [0.15, 0.2) is 12.2 Å². The van der Waals surface area contributed by atoms with Crippen molar-refractivity contribution in [3.63, 3.8) is 0 Å². The highest BCUT2D eigenvalue weighted by molar-refractivity contribution is 7.11. The average molecular weight is 239 g/mol. The van der Waals surface area contributed by atoms with E-state index in [4.69, 9.17) is 11.6 Å². The Morgan fingerprint density at radius 2 is 2.47 bits per heavy atom. The summed E-state index contributed by atoms with van der Waals surface area (Å²) in [4.78, 5) is 14.9. The smallest absolute Gasteiger partial charge is 0.178 e. The van der Waals surface area contributed by atoms with Gasteiger partial charge in [0.1, 0.15) is 5.35 Å². The van der Waals surface area contributed by atoms with Crippen LogP contribution < -0.4 is 15.2 Å². The van der Waals surface area contributed by atoms with Gasteiger partial charge in [-0.05, 0) is 6.08 Å². The van der Waals surface area contributed by atoms with Crippen molar-refractivity contribution in [3.8, 4) is 0 Å². The molecule has 5 heteroatoms. The number of rotatable bonds is 1. The van der Waals surface area contributed by atoms with E-state index >= 15 is 0 Å². The van der Waals surface area contributed by atoms with Crippen LogP contribution in [0, 0.1) is 0 Å². The minimum Gasteiger partial charge on any atom is -0.380 e. The van der Waals surface area contributed by atoms with E-state index in [9.17, 15) is 4.79 Å². The molecular formula is C10H7ClN2OS. The van der Waals surface area contributed by atoms with Crippen molar-refractivity contribution in [2.24, 2.45) is 0 Å². The van der Waals surface area contributed by atoms with Gasteiger partial charge in [-0.2, -0.15) is 0 Å². The maximum Gasteiger partial charge on any atom is 0.178 e. The zero-order valence-electron chi connectivity index (χ0n) is 7.66. The second-order valence-corrected chi connectivity index (χ2v) is 4.93. The van der Waals surface area contributed by atoms with Crippen molar-refractivity contribution in [1.82, 2.24) is 10.3 Å². The van der Waals surface area contributed by atoms with Crippen LogP contribution >= 0.6 is 22.9 Å². The lowest BCUT2D eigenvalue weighted by Crippen LogP contribution is -2.46. The zero-order valence-corrected chi connectivity index (χ0v) is 9.23. The van der Waals surface area contributed by atoms with Gasteiger partial charge in [0.25, 0.3) is 0 Å². The molecule has 3 nitrogen and oxygen atoms in total. The first-order valence-electron chi connectivity index (χ1n) is 4.57. The van der Waals surface area contributed by atoms with Crippen molar-refractivity contribution in [2.45, 2.75) is 12.5 Å². The lowest BCUT2D eigenvalue weighted by molar-refractivity contribution is 0.112. The Hall–Kier alpha value is -1.13. The number of allylic oxidation sites excluding steroid dienone is 1. The van der Waals surface area contributed by atoms with E-state index in [-0.39, 0.29) is 0 Å². The number of thiazole rings is 1. The lowest BCUT2D eigenvalue weighted by atomic mass is 10.0. The van der Waals surface area contributed by atoms with Crippen LogP contribution in [0.4, 0.5) is 0 Å². The molecule has 1 atom stereocenters. The third kappa shape index (κ3) is 1.33. The molecule has 1 aromatic heterocycles. The SMILES string of the molecule is O=Cc1nc2/c(s1)=C(Cl)\C=C/C1C\C=2N1. The molecule has 1 fully saturated rings. The molecule has 0 radical (unpaired) electrons. The zero-order chi connectivity index (χ0) is 10.4. The van der Waals surface area contributed by atoms with Gasteiger partial charge in [-0.25, -0.2) is 4.98 Å². The summed E-state index contributed by atoms with van der Waals surface area (Å²) >= 11 is 7.46. The minimum atomic E-state index is 0.364. The fraction of sp³-hybridized carbons (Fsp3) is 0.200. The molecule has 0 saturated carbocycles. The third-order valence-corrected chi connectivity index (χ3v) is 3.95. The molecule has 3 heterocycles. The highest BCUT2D eigenvalue weighted by Gasteiger charge is 2.23. The second-order valence-electron chi connectivity index (χ2n) is 3.49. The summed E-state index contributed by atoms with van der Waals surface area (Å²) in [6.45, 7) is 0. The third-order valence-electron chi connectivity index (χ3n) is 2.51. The number of halogens is 1. The predicted molar refractivity (Wildman–Crippen MR) is 60.1 cm³/mol. The number of hydrogen-bond donors (Lipinski definition) is 1. The lowest BCUT2D eigenvalue weighted by Gasteiger charge is -2.29. The van der Waals surface area contributed by atoms with Gasteiger partial charge in [0.15, 0.2) is 11.3 Å². The van der Waals surface area contributed by atoms with Gasteiger partial charge in [0, 0.05) is 12.1 Å². The maximum absolute atomic E-state index is 10.7. The number of aromatic nitrogens is 1. The minimum absolute atomic E-state index is 0.364. The molecule has 76 valence electrons. The van der Waals surface area contributed by atoms with Crippen LogP contribution in [0.1, 0.15) is 16.2 Å². The van der Waals surface area contributed by atoms with Crippen molar-refractivity contribution in [2.75, 3.05) is 0 Å². The van der Waals surface area contributed by atoms with Crippen molar-refractivity contribution in [1.29, 1.82) is 0 Å². The van der Waals surface area contributed by atoms with Gasteiger partial charge in [0.2, 0.25) is 0 Å². The van der Waals surface area contributed by atoms with E-state index in [0.717, 1.165) is 28.3 Å². The molecule has 0 amide bonds. The van der Waals surface area contributed by atoms with Gasteiger partial charge in [-0.1, -0.05) is 17.7 Å². The Morgan fingerprint density at radius 3 is 3.20 bits per heavy atom. The monoisotopic (exact) mass is 238 g/mol. The van der Waals surface area contributed by atoms with E-state index in [2.05, 4.69) is 10.3 Å². The van der Waals surface area contributed by atoms with Crippen LogP contribution in [0.3, 0.4) is 0 Å². The predicted octanol–water partition coefficient (Wildman–Crippen LogP) is 0.342. The summed E-state index contributed by atoms with van der Waals surface area (Å²) in [5.41, 5.74) is 1.09. The summed E-state index contributed by atoms with van der Waals surface area (Å²) in [7, 11) is 0. The van der Waals surface area contributed by atoms with E-state index in [1.54, 1.807) is 0 Å². The molecule has 1 N–H and O–H groups in total. The molecule has 1 unspecified atom stereocenters. The van der Waals surface area contributed by atoms with Crippen molar-refractivity contribution < 1.29 is 4.79 Å². The molecular weight excluding hydrogens is 232 g/mol. The molecule has 4 rings (SSSR count). The molecule has 3 aliphatic rings. The second kappa shape index (κ2) is 3.18. The first-order chi connectivity index (χ1) is 7.28. The van der Waals surface area contributed by atoms with Gasteiger partial charge >= 0.3 is 0 Å². The standard InChI is InChI=1S/C10H7ClN2OS/c11-6-2-1-5-3-7(12-5)9-10(6)15-8(4-14)13-9/h1-2,4-5,12H,3H2/b2-1-,9-7-,10-6-. The van der Waals surface area contributed by atoms with Crippen molar-refractivity contribution in [3.05, 3.63) is 27.0 Å². The van der Waals surface area contributed by atoms with E-state index < -0.39 is 0 Å². The summed E-state index contributed by atoms with van der Waals surface area (Å²) in [5.74, 6) is 0. The Morgan fingerprint density at radius 1 is 1.67 bits per heavy atom. The fourth-order valence-corrected chi connectivity index (χ4v) is 2.84. The van der Waals surface area contributed by atoms with E-state index in [1.165, 1.54) is 11.3 Å². The first-order valence-corrected chi connectivity index (χ1v) is 5.77. The number of carbonyl (C=O) groups is 1. The molecule has 1 aliphatic carbocycles. The van der Waals surface area contributed by atoms with Crippen molar-refractivity contribution >= 4 is 40.0 Å². The van der Waals surface area contributed by atoms with Gasteiger partial charge in [-0.15, -0.1) is 11.3 Å². The molecule has 0 spiro atoms. The largest absolute Gasteiger partial charge is 0.380 e. The Balaban J connectivity index is 2.43. The van der Waals surface area contributed by atoms with Gasteiger partial charge < -0.3 is 5.32 Å². The summed E-state index contributed by atoms with van der Waals surface area (Å²) < 4.78 is 0.885. The Kier molecular flexibility index (Phi) is 1.94. The van der Waals surface area contributed by atoms with Crippen LogP contribution in [-0.2, 0) is 0 Å². The van der Waals surface area contributed by atoms with Crippen LogP contribution in [0.5, 0.6) is 0 Å². The van der Waals surface area contributed by atoms with E-state index in [1.807, 2.05) is 12.2 Å². The maximum atomic E-state index is 10.7. The number of carbonyl (C=O) groups excluding carboxylic acids is 1. The highest BCUT2D eigenvalue weighted by atomic mass is 35.5. The first kappa shape index (κ1) is 9.12. The average Bonchev–Trinajstić information content (AvgIpc) is 2.55. The van der Waals surface area contributed by atoms with Crippen LogP contribution in [0.2, 0.25) is 0 Å². The Labute approximate surface area is 94.8 Å². The quantitative estimate of drug-likeness (QED) is 0.718. The molecule has 0 aromatic carbocycles. The summed E-state index contributed by atoms with van der Waals surface area (Å²) in [6, 6.07) is 0.364. The fourth-order valence-electron chi connectivity index (χ4n) is 1.73. The molecule has 2 bridgehead atoms. The number of nitrogens with zero attached hydrogens (tertiary/aromatic N) is 1. The summed E-state index contributed by atoms with van der Waals surface area (Å²) in [6.07, 6.45) is 5.63. The summed E-state index contributed by atoms with van der Waals surface area (Å²) in [5, 5.41) is 5.27. The molecule has 1 aromatic rings. The Bertz CT molecular complexity index is 579. The number of fused-ring (bicyclic) bond motifs is 1. The highest BCUT2D eigenvalue weighted by Crippen LogP contribution is 2.19. The van der Waals surface area contributed by atoms with Crippen LogP contribution in [-0.4, -0.2) is 17.3 Å². The topological polar surface area (TPSA) is 42.0 Å². The number of nitrogens with one attached hydrogen (secondary N) is 1. The number of aldehydes is 1. The van der Waals surface area contributed by atoms with Gasteiger partial charge in [-0.3, -0.25) is 4.79 Å². The molecule has 15 heavy (non-hydrogen) atoms. The molecule has 2 aliphatic heterocycles. The normalized spacial score (nSPS) is 31.7. The molecule has 1 saturated heterocycles. The van der Waals surface area contributed by atoms with E-state index in [0.29, 0.717) is 16.1 Å². The van der Waals surface area contributed by atoms with Gasteiger partial charge in [0.05, 0.1) is 15.6 Å². The number of hydrogen-bond acceptors (Lipinski definition) is 4. The van der Waals surface area contributed by atoms with Crippen LogP contribution in [0.25, 0.3) is 10.7 Å².